The predicted octanol–water partition coefficient (Wildman–Crippen LogP) is 1.75. The van der Waals surface area contributed by atoms with Gasteiger partial charge in [0.15, 0.2) is 0 Å². The van der Waals surface area contributed by atoms with Gasteiger partial charge < -0.3 is 15.2 Å². The van der Waals surface area contributed by atoms with Crippen LogP contribution in [0.15, 0.2) is 18.2 Å². The lowest BCUT2D eigenvalue weighted by Gasteiger charge is -2.12. The molecule has 1 aliphatic rings. The molecular formula is C12H17NO2. The van der Waals surface area contributed by atoms with Crippen molar-refractivity contribution in [3.63, 3.8) is 0 Å². The summed E-state index contributed by atoms with van der Waals surface area (Å²) < 4.78 is 10.7. The average molecular weight is 207 g/mol. The van der Waals surface area contributed by atoms with E-state index in [4.69, 9.17) is 15.2 Å². The van der Waals surface area contributed by atoms with Crippen LogP contribution in [-0.4, -0.2) is 13.2 Å². The summed E-state index contributed by atoms with van der Waals surface area (Å²) in [4.78, 5) is 0. The van der Waals surface area contributed by atoms with Gasteiger partial charge in [-0.25, -0.2) is 0 Å². The van der Waals surface area contributed by atoms with Gasteiger partial charge in [0.2, 0.25) is 0 Å². The highest BCUT2D eigenvalue weighted by molar-refractivity contribution is 5.34. The van der Waals surface area contributed by atoms with Crippen molar-refractivity contribution in [1.82, 2.24) is 0 Å². The molecule has 0 aromatic heterocycles. The molecule has 2 N–H and O–H groups in total. The second-order valence-corrected chi connectivity index (χ2v) is 3.79. The predicted molar refractivity (Wildman–Crippen MR) is 58.4 cm³/mol. The number of fused-ring (bicyclic) bond motifs is 1. The molecule has 0 radical (unpaired) electrons. The Hall–Kier alpha value is -0.900. The van der Waals surface area contributed by atoms with Crippen LogP contribution in [0.4, 0.5) is 0 Å². The van der Waals surface area contributed by atoms with Crippen molar-refractivity contribution in [1.29, 1.82) is 0 Å². The molecule has 3 heteroatoms. The Labute approximate surface area is 90.2 Å². The van der Waals surface area contributed by atoms with E-state index in [0.717, 1.165) is 12.2 Å². The summed E-state index contributed by atoms with van der Waals surface area (Å²) >= 11 is 0. The maximum atomic E-state index is 6.01. The topological polar surface area (TPSA) is 44.5 Å². The van der Waals surface area contributed by atoms with Crippen molar-refractivity contribution < 1.29 is 9.47 Å². The molecule has 1 atom stereocenters. The van der Waals surface area contributed by atoms with Crippen LogP contribution < -0.4 is 5.73 Å². The molecule has 0 saturated carbocycles. The molecule has 3 nitrogen and oxygen atoms in total. The van der Waals surface area contributed by atoms with Gasteiger partial charge in [0, 0.05) is 6.61 Å². The van der Waals surface area contributed by atoms with E-state index in [9.17, 15) is 0 Å². The molecule has 1 aliphatic heterocycles. The summed E-state index contributed by atoms with van der Waals surface area (Å²) in [6.07, 6.45) is 0. The van der Waals surface area contributed by atoms with Gasteiger partial charge in [0.1, 0.15) is 0 Å². The minimum absolute atomic E-state index is 0.0316. The SMILES string of the molecule is CCOCC(N)c1ccc2c(c1)COC2. The molecule has 0 bridgehead atoms. The quantitative estimate of drug-likeness (QED) is 0.818. The van der Waals surface area contributed by atoms with E-state index in [1.807, 2.05) is 6.92 Å². The normalized spacial score (nSPS) is 16.4. The summed E-state index contributed by atoms with van der Waals surface area (Å²) in [5.74, 6) is 0. The van der Waals surface area contributed by atoms with Crippen molar-refractivity contribution in [3.05, 3.63) is 34.9 Å². The van der Waals surface area contributed by atoms with Gasteiger partial charge in [0.05, 0.1) is 25.9 Å². The second-order valence-electron chi connectivity index (χ2n) is 3.79. The van der Waals surface area contributed by atoms with E-state index in [2.05, 4.69) is 18.2 Å². The first-order valence-corrected chi connectivity index (χ1v) is 5.34. The summed E-state index contributed by atoms with van der Waals surface area (Å²) in [5, 5.41) is 0. The Morgan fingerprint density at radius 2 is 2.20 bits per heavy atom. The van der Waals surface area contributed by atoms with Crippen molar-refractivity contribution in [3.8, 4) is 0 Å². The van der Waals surface area contributed by atoms with Crippen molar-refractivity contribution >= 4 is 0 Å². The molecule has 1 aromatic carbocycles. The third-order valence-electron chi connectivity index (χ3n) is 2.68. The first-order chi connectivity index (χ1) is 7.31. The van der Waals surface area contributed by atoms with E-state index in [-0.39, 0.29) is 6.04 Å². The average Bonchev–Trinajstić information content (AvgIpc) is 2.72. The molecule has 15 heavy (non-hydrogen) atoms. The molecule has 1 unspecified atom stereocenters. The molecule has 0 aliphatic carbocycles. The summed E-state index contributed by atoms with van der Waals surface area (Å²) in [5.41, 5.74) is 9.68. The van der Waals surface area contributed by atoms with Gasteiger partial charge in [-0.2, -0.15) is 0 Å². The standard InChI is InChI=1S/C12H17NO2/c1-2-14-8-12(13)9-3-4-10-6-15-7-11(10)5-9/h3-5,12H,2,6-8,13H2,1H3. The van der Waals surface area contributed by atoms with Crippen molar-refractivity contribution in [2.45, 2.75) is 26.2 Å². The molecular weight excluding hydrogens is 190 g/mol. The number of ether oxygens (including phenoxy) is 2. The third kappa shape index (κ3) is 2.37. The van der Waals surface area contributed by atoms with Crippen LogP contribution in [0.2, 0.25) is 0 Å². The van der Waals surface area contributed by atoms with Gasteiger partial charge in [-0.3, -0.25) is 0 Å². The number of rotatable bonds is 4. The van der Waals surface area contributed by atoms with Crippen LogP contribution in [-0.2, 0) is 22.7 Å². The number of hydrogen-bond acceptors (Lipinski definition) is 3. The Balaban J connectivity index is 2.08. The van der Waals surface area contributed by atoms with Gasteiger partial charge in [-0.05, 0) is 23.6 Å². The minimum Gasteiger partial charge on any atom is -0.380 e. The van der Waals surface area contributed by atoms with Crippen LogP contribution in [0.5, 0.6) is 0 Å². The Bertz CT molecular complexity index is 338. The van der Waals surface area contributed by atoms with Crippen molar-refractivity contribution in [2.75, 3.05) is 13.2 Å². The van der Waals surface area contributed by atoms with Gasteiger partial charge in [0.25, 0.3) is 0 Å². The summed E-state index contributed by atoms with van der Waals surface area (Å²) in [6, 6.07) is 6.27. The van der Waals surface area contributed by atoms with Crippen LogP contribution >= 0.6 is 0 Å². The monoisotopic (exact) mass is 207 g/mol. The van der Waals surface area contributed by atoms with E-state index in [1.54, 1.807) is 0 Å². The summed E-state index contributed by atoms with van der Waals surface area (Å²) in [7, 11) is 0. The lowest BCUT2D eigenvalue weighted by molar-refractivity contribution is 0.132. The molecule has 0 saturated heterocycles. The largest absolute Gasteiger partial charge is 0.380 e. The lowest BCUT2D eigenvalue weighted by Crippen LogP contribution is -2.17. The fourth-order valence-electron chi connectivity index (χ4n) is 1.76. The Kier molecular flexibility index (Phi) is 3.36. The maximum Gasteiger partial charge on any atom is 0.0725 e. The molecule has 0 spiro atoms. The Morgan fingerprint density at radius 3 is 3.00 bits per heavy atom. The minimum atomic E-state index is -0.0316. The van der Waals surface area contributed by atoms with Crippen molar-refractivity contribution in [2.24, 2.45) is 5.73 Å². The lowest BCUT2D eigenvalue weighted by atomic mass is 10.0. The van der Waals surface area contributed by atoms with E-state index < -0.39 is 0 Å². The van der Waals surface area contributed by atoms with E-state index >= 15 is 0 Å². The smallest absolute Gasteiger partial charge is 0.0725 e. The number of hydrogen-bond donors (Lipinski definition) is 1. The molecule has 1 aromatic rings. The fraction of sp³-hybridized carbons (Fsp3) is 0.500. The highest BCUT2D eigenvalue weighted by Gasteiger charge is 2.13. The van der Waals surface area contributed by atoms with Crippen LogP contribution in [0.1, 0.15) is 29.7 Å². The van der Waals surface area contributed by atoms with Gasteiger partial charge in [-0.15, -0.1) is 0 Å². The van der Waals surface area contributed by atoms with Crippen LogP contribution in [0, 0.1) is 0 Å². The highest BCUT2D eigenvalue weighted by Crippen LogP contribution is 2.23. The zero-order valence-corrected chi connectivity index (χ0v) is 9.03. The number of benzene rings is 1. The molecule has 0 amide bonds. The molecule has 82 valence electrons. The van der Waals surface area contributed by atoms with Crippen LogP contribution in [0.3, 0.4) is 0 Å². The first-order valence-electron chi connectivity index (χ1n) is 5.34. The fourth-order valence-corrected chi connectivity index (χ4v) is 1.76. The molecule has 0 fully saturated rings. The van der Waals surface area contributed by atoms with E-state index in [1.165, 1.54) is 11.1 Å². The maximum absolute atomic E-state index is 6.01. The second kappa shape index (κ2) is 4.75. The van der Waals surface area contributed by atoms with Crippen LogP contribution in [0.25, 0.3) is 0 Å². The molecule has 2 rings (SSSR count). The highest BCUT2D eigenvalue weighted by atomic mass is 16.5. The molecule has 1 heterocycles. The van der Waals surface area contributed by atoms with E-state index in [0.29, 0.717) is 19.8 Å². The summed E-state index contributed by atoms with van der Waals surface area (Å²) in [6.45, 7) is 4.71. The number of nitrogens with two attached hydrogens (primary N) is 1. The van der Waals surface area contributed by atoms with Gasteiger partial charge in [-0.1, -0.05) is 18.2 Å². The zero-order chi connectivity index (χ0) is 10.7. The Morgan fingerprint density at radius 1 is 1.40 bits per heavy atom. The third-order valence-corrected chi connectivity index (χ3v) is 2.68. The zero-order valence-electron chi connectivity index (χ0n) is 9.03. The first kappa shape index (κ1) is 10.6. The van der Waals surface area contributed by atoms with Gasteiger partial charge >= 0.3 is 0 Å².